The molecule has 1 aliphatic heterocycles. The van der Waals surface area contributed by atoms with Crippen molar-refractivity contribution in [2.45, 2.75) is 65.1 Å². The Morgan fingerprint density at radius 3 is 3.00 bits per heavy atom. The summed E-state index contributed by atoms with van der Waals surface area (Å²) in [4.78, 5) is 6.99. The number of rotatable bonds is 9. The first-order chi connectivity index (χ1) is 9.83. The predicted molar refractivity (Wildman–Crippen MR) is 81.5 cm³/mol. The summed E-state index contributed by atoms with van der Waals surface area (Å²) in [6.07, 6.45) is 7.93. The third-order valence-electron chi connectivity index (χ3n) is 3.97. The van der Waals surface area contributed by atoms with Crippen LogP contribution in [-0.2, 0) is 13.1 Å². The maximum Gasteiger partial charge on any atom is 0.141 e. The molecule has 0 amide bonds. The number of aryl methyl sites for hydroxylation is 1. The second-order valence-corrected chi connectivity index (χ2v) is 5.78. The van der Waals surface area contributed by atoms with Crippen LogP contribution in [0, 0.1) is 0 Å². The van der Waals surface area contributed by atoms with Gasteiger partial charge in [-0.3, -0.25) is 4.90 Å². The first kappa shape index (κ1) is 15.4. The Kier molecular flexibility index (Phi) is 6.47. The molecular formula is C15H29N5. The monoisotopic (exact) mass is 279 g/mol. The summed E-state index contributed by atoms with van der Waals surface area (Å²) in [5.41, 5.74) is 0. The molecule has 20 heavy (non-hydrogen) atoms. The SMILES string of the molecule is CCCCN(Cc1ncnn1CCC)CC1CCCN1. The molecule has 1 atom stereocenters. The van der Waals surface area contributed by atoms with Crippen LogP contribution in [-0.4, -0.2) is 45.3 Å². The van der Waals surface area contributed by atoms with E-state index in [9.17, 15) is 0 Å². The lowest BCUT2D eigenvalue weighted by atomic mass is 10.2. The first-order valence-corrected chi connectivity index (χ1v) is 8.16. The molecule has 1 aromatic heterocycles. The standard InChI is InChI=1S/C15H29N5/c1-3-5-10-19(11-14-7-6-8-16-14)12-15-17-13-18-20(15)9-4-2/h13-14,16H,3-12H2,1-2H3. The average Bonchev–Trinajstić information content (AvgIpc) is 3.09. The van der Waals surface area contributed by atoms with Gasteiger partial charge in [-0.25, -0.2) is 9.67 Å². The number of hydrogen-bond acceptors (Lipinski definition) is 4. The van der Waals surface area contributed by atoms with Crippen LogP contribution in [0.3, 0.4) is 0 Å². The van der Waals surface area contributed by atoms with Crippen LogP contribution in [0.15, 0.2) is 6.33 Å². The number of nitrogens with zero attached hydrogens (tertiary/aromatic N) is 4. The smallest absolute Gasteiger partial charge is 0.141 e. The van der Waals surface area contributed by atoms with E-state index in [0.29, 0.717) is 6.04 Å². The molecule has 5 heteroatoms. The highest BCUT2D eigenvalue weighted by atomic mass is 15.3. The van der Waals surface area contributed by atoms with Gasteiger partial charge in [-0.15, -0.1) is 0 Å². The number of unbranched alkanes of at least 4 members (excludes halogenated alkanes) is 1. The fraction of sp³-hybridized carbons (Fsp3) is 0.867. The van der Waals surface area contributed by atoms with E-state index in [1.165, 1.54) is 32.2 Å². The number of nitrogens with one attached hydrogen (secondary N) is 1. The van der Waals surface area contributed by atoms with E-state index in [2.05, 4.69) is 38.8 Å². The second-order valence-electron chi connectivity index (χ2n) is 5.78. The van der Waals surface area contributed by atoms with Crippen LogP contribution in [0.1, 0.15) is 51.8 Å². The van der Waals surface area contributed by atoms with E-state index in [1.807, 2.05) is 0 Å². The third kappa shape index (κ3) is 4.56. The summed E-state index contributed by atoms with van der Waals surface area (Å²) in [7, 11) is 0. The third-order valence-corrected chi connectivity index (χ3v) is 3.97. The molecule has 2 heterocycles. The van der Waals surface area contributed by atoms with Gasteiger partial charge in [-0.2, -0.15) is 5.10 Å². The largest absolute Gasteiger partial charge is 0.313 e. The minimum absolute atomic E-state index is 0.661. The topological polar surface area (TPSA) is 46.0 Å². The van der Waals surface area contributed by atoms with Crippen molar-refractivity contribution in [3.63, 3.8) is 0 Å². The molecule has 0 aromatic carbocycles. The maximum atomic E-state index is 4.45. The van der Waals surface area contributed by atoms with Gasteiger partial charge in [-0.1, -0.05) is 20.3 Å². The molecule has 0 saturated carbocycles. The minimum atomic E-state index is 0.661. The Bertz CT molecular complexity index is 370. The van der Waals surface area contributed by atoms with Gasteiger partial charge in [0.2, 0.25) is 0 Å². The average molecular weight is 279 g/mol. The molecule has 5 nitrogen and oxygen atoms in total. The highest BCUT2D eigenvalue weighted by Gasteiger charge is 2.19. The molecule has 1 aromatic rings. The highest BCUT2D eigenvalue weighted by Crippen LogP contribution is 2.10. The van der Waals surface area contributed by atoms with Crippen LogP contribution in [0.2, 0.25) is 0 Å². The summed E-state index contributed by atoms with van der Waals surface area (Å²) in [5.74, 6) is 1.11. The van der Waals surface area contributed by atoms with E-state index in [0.717, 1.165) is 38.4 Å². The van der Waals surface area contributed by atoms with E-state index >= 15 is 0 Å². The quantitative estimate of drug-likeness (QED) is 0.751. The Morgan fingerprint density at radius 2 is 2.30 bits per heavy atom. The minimum Gasteiger partial charge on any atom is -0.313 e. The zero-order valence-electron chi connectivity index (χ0n) is 13.0. The Labute approximate surface area is 122 Å². The van der Waals surface area contributed by atoms with Gasteiger partial charge in [-0.05, 0) is 38.8 Å². The summed E-state index contributed by atoms with van der Waals surface area (Å²) in [6.45, 7) is 9.82. The van der Waals surface area contributed by atoms with Gasteiger partial charge in [0.05, 0.1) is 6.54 Å². The molecule has 1 unspecified atom stereocenters. The van der Waals surface area contributed by atoms with Gasteiger partial charge in [0.1, 0.15) is 12.2 Å². The zero-order chi connectivity index (χ0) is 14.2. The molecule has 1 N–H and O–H groups in total. The van der Waals surface area contributed by atoms with E-state index < -0.39 is 0 Å². The van der Waals surface area contributed by atoms with Crippen LogP contribution in [0.25, 0.3) is 0 Å². The van der Waals surface area contributed by atoms with Gasteiger partial charge in [0.25, 0.3) is 0 Å². The summed E-state index contributed by atoms with van der Waals surface area (Å²) in [5, 5.41) is 7.93. The second kappa shape index (κ2) is 8.37. The fourth-order valence-corrected chi connectivity index (χ4v) is 2.85. The van der Waals surface area contributed by atoms with Gasteiger partial charge >= 0.3 is 0 Å². The van der Waals surface area contributed by atoms with Crippen LogP contribution >= 0.6 is 0 Å². The lowest BCUT2D eigenvalue weighted by molar-refractivity contribution is 0.228. The lowest BCUT2D eigenvalue weighted by Crippen LogP contribution is -2.38. The van der Waals surface area contributed by atoms with Crippen molar-refractivity contribution in [3.8, 4) is 0 Å². The normalized spacial score (nSPS) is 19.1. The fourth-order valence-electron chi connectivity index (χ4n) is 2.85. The van der Waals surface area contributed by atoms with Crippen molar-refractivity contribution in [1.29, 1.82) is 0 Å². The van der Waals surface area contributed by atoms with Crippen LogP contribution in [0.4, 0.5) is 0 Å². The van der Waals surface area contributed by atoms with Crippen molar-refractivity contribution < 1.29 is 0 Å². The molecule has 0 radical (unpaired) electrons. The first-order valence-electron chi connectivity index (χ1n) is 8.16. The van der Waals surface area contributed by atoms with Crippen molar-refractivity contribution >= 4 is 0 Å². The Hall–Kier alpha value is -0.940. The molecule has 2 rings (SSSR count). The molecule has 1 fully saturated rings. The highest BCUT2D eigenvalue weighted by molar-refractivity contribution is 4.87. The van der Waals surface area contributed by atoms with Crippen molar-refractivity contribution in [1.82, 2.24) is 25.0 Å². The van der Waals surface area contributed by atoms with Gasteiger partial charge < -0.3 is 5.32 Å². The summed E-state index contributed by atoms with van der Waals surface area (Å²) < 4.78 is 2.06. The molecule has 1 saturated heterocycles. The molecule has 0 bridgehead atoms. The Balaban J connectivity index is 1.92. The maximum absolute atomic E-state index is 4.45. The molecular weight excluding hydrogens is 250 g/mol. The predicted octanol–water partition coefficient (Wildman–Crippen LogP) is 2.04. The zero-order valence-corrected chi connectivity index (χ0v) is 13.0. The van der Waals surface area contributed by atoms with Gasteiger partial charge in [0, 0.05) is 19.1 Å². The van der Waals surface area contributed by atoms with Crippen molar-refractivity contribution in [3.05, 3.63) is 12.2 Å². The van der Waals surface area contributed by atoms with Crippen LogP contribution < -0.4 is 5.32 Å². The summed E-state index contributed by atoms with van der Waals surface area (Å²) >= 11 is 0. The van der Waals surface area contributed by atoms with E-state index in [4.69, 9.17) is 0 Å². The number of hydrogen-bond donors (Lipinski definition) is 1. The Morgan fingerprint density at radius 1 is 1.40 bits per heavy atom. The summed E-state index contributed by atoms with van der Waals surface area (Å²) in [6, 6.07) is 0.661. The molecule has 114 valence electrons. The molecule has 0 aliphatic carbocycles. The molecule has 1 aliphatic rings. The van der Waals surface area contributed by atoms with Crippen molar-refractivity contribution in [2.75, 3.05) is 19.6 Å². The lowest BCUT2D eigenvalue weighted by Gasteiger charge is -2.25. The van der Waals surface area contributed by atoms with Crippen molar-refractivity contribution in [2.24, 2.45) is 0 Å². The van der Waals surface area contributed by atoms with Crippen LogP contribution in [0.5, 0.6) is 0 Å². The number of aromatic nitrogens is 3. The van der Waals surface area contributed by atoms with Gasteiger partial charge in [0.15, 0.2) is 0 Å². The van der Waals surface area contributed by atoms with E-state index in [1.54, 1.807) is 6.33 Å². The van der Waals surface area contributed by atoms with E-state index in [-0.39, 0.29) is 0 Å². The molecule has 0 spiro atoms.